The van der Waals surface area contributed by atoms with E-state index in [1.165, 1.54) is 0 Å². The third kappa shape index (κ3) is 2.59. The van der Waals surface area contributed by atoms with Crippen LogP contribution >= 0.6 is 11.3 Å². The van der Waals surface area contributed by atoms with Gasteiger partial charge in [-0.1, -0.05) is 24.3 Å². The minimum absolute atomic E-state index is 0.0231. The van der Waals surface area contributed by atoms with Gasteiger partial charge in [-0.15, -0.1) is 11.3 Å². The Morgan fingerprint density at radius 3 is 2.74 bits per heavy atom. The van der Waals surface area contributed by atoms with Crippen molar-refractivity contribution in [2.24, 2.45) is 0 Å². The zero-order valence-corrected chi connectivity index (χ0v) is 13.2. The number of para-hydroxylation sites is 1. The Kier molecular flexibility index (Phi) is 3.55. The van der Waals surface area contributed by atoms with E-state index in [0.29, 0.717) is 12.1 Å². The lowest BCUT2D eigenvalue weighted by Crippen LogP contribution is -2.31. The number of benzene rings is 1. The molecule has 1 aliphatic rings. The number of anilines is 1. The van der Waals surface area contributed by atoms with Gasteiger partial charge in [-0.3, -0.25) is 9.78 Å². The maximum Gasteiger partial charge on any atom is 0.258 e. The van der Waals surface area contributed by atoms with Gasteiger partial charge in [0, 0.05) is 16.8 Å². The highest BCUT2D eigenvalue weighted by Gasteiger charge is 2.37. The summed E-state index contributed by atoms with van der Waals surface area (Å²) in [7, 11) is 0. The molecule has 3 aromatic rings. The van der Waals surface area contributed by atoms with Crippen molar-refractivity contribution < 1.29 is 4.79 Å². The first kappa shape index (κ1) is 14.0. The van der Waals surface area contributed by atoms with Crippen LogP contribution in [0.4, 0.5) is 5.69 Å². The third-order valence-corrected chi connectivity index (χ3v) is 4.75. The number of nitrogens with zero attached hydrogens (tertiary/aromatic N) is 2. The average Bonchev–Trinajstić information content (AvgIpc) is 3.19. The lowest BCUT2D eigenvalue weighted by atomic mass is 10.2. The van der Waals surface area contributed by atoms with Gasteiger partial charge < -0.3 is 10.2 Å². The second-order valence-electron chi connectivity index (χ2n) is 5.36. The molecule has 23 heavy (non-hydrogen) atoms. The van der Waals surface area contributed by atoms with Gasteiger partial charge in [0.2, 0.25) is 0 Å². The molecule has 3 heterocycles. The van der Waals surface area contributed by atoms with Gasteiger partial charge in [0.1, 0.15) is 6.17 Å². The smallest absolute Gasteiger partial charge is 0.258 e. The predicted molar refractivity (Wildman–Crippen MR) is 91.2 cm³/mol. The summed E-state index contributed by atoms with van der Waals surface area (Å²) in [4.78, 5) is 20.2. The molecule has 0 spiro atoms. The van der Waals surface area contributed by atoms with Gasteiger partial charge in [-0.25, -0.2) is 0 Å². The molecular weight excluding hydrogens is 306 g/mol. The van der Waals surface area contributed by atoms with Crippen LogP contribution in [0.15, 0.2) is 66.2 Å². The molecule has 1 aliphatic heterocycles. The molecule has 1 N–H and O–H groups in total. The number of fused-ring (bicyclic) bond motifs is 1. The summed E-state index contributed by atoms with van der Waals surface area (Å²) in [5.74, 6) is 0.0231. The van der Waals surface area contributed by atoms with Gasteiger partial charge in [-0.05, 0) is 35.7 Å². The predicted octanol–water partition coefficient (Wildman–Crippen LogP) is 3.91. The average molecular weight is 321 g/mol. The Hall–Kier alpha value is -2.66. The van der Waals surface area contributed by atoms with E-state index in [1.807, 2.05) is 64.9 Å². The Labute approximate surface area is 138 Å². The Bertz CT molecular complexity index is 817. The molecule has 0 saturated carbocycles. The van der Waals surface area contributed by atoms with Crippen molar-refractivity contribution in [3.63, 3.8) is 0 Å². The van der Waals surface area contributed by atoms with Crippen LogP contribution in [0.3, 0.4) is 0 Å². The third-order valence-electron chi connectivity index (χ3n) is 3.88. The van der Waals surface area contributed by atoms with E-state index in [1.54, 1.807) is 17.5 Å². The molecule has 0 aliphatic carbocycles. The van der Waals surface area contributed by atoms with Gasteiger partial charge in [0.15, 0.2) is 0 Å². The Morgan fingerprint density at radius 2 is 1.96 bits per heavy atom. The van der Waals surface area contributed by atoms with E-state index >= 15 is 0 Å². The minimum atomic E-state index is -0.247. The van der Waals surface area contributed by atoms with E-state index in [9.17, 15) is 4.79 Å². The number of carbonyl (C=O) groups excluding carboxylic acids is 1. The lowest BCUT2D eigenvalue weighted by molar-refractivity contribution is 0.0729. The molecule has 0 unspecified atom stereocenters. The van der Waals surface area contributed by atoms with E-state index in [-0.39, 0.29) is 12.1 Å². The minimum Gasteiger partial charge on any atom is -0.360 e. The van der Waals surface area contributed by atoms with Crippen molar-refractivity contribution >= 4 is 22.9 Å². The van der Waals surface area contributed by atoms with E-state index in [4.69, 9.17) is 0 Å². The van der Waals surface area contributed by atoms with Gasteiger partial charge in [0.25, 0.3) is 5.91 Å². The highest BCUT2D eigenvalue weighted by molar-refractivity contribution is 7.09. The number of rotatable bonds is 4. The van der Waals surface area contributed by atoms with Crippen molar-refractivity contribution in [2.45, 2.75) is 12.7 Å². The molecule has 1 atom stereocenters. The normalized spacial score (nSPS) is 16.4. The number of thiophene rings is 1. The van der Waals surface area contributed by atoms with Crippen LogP contribution in [0.5, 0.6) is 0 Å². The molecule has 5 heteroatoms. The number of pyridine rings is 1. The van der Waals surface area contributed by atoms with Crippen LogP contribution < -0.4 is 5.32 Å². The molecule has 1 aromatic carbocycles. The second-order valence-corrected chi connectivity index (χ2v) is 6.39. The number of hydrogen-bond donors (Lipinski definition) is 1. The van der Waals surface area contributed by atoms with E-state index in [0.717, 1.165) is 16.3 Å². The summed E-state index contributed by atoms with van der Waals surface area (Å²) in [5, 5.41) is 5.47. The van der Waals surface area contributed by atoms with Crippen molar-refractivity contribution in [1.82, 2.24) is 9.88 Å². The van der Waals surface area contributed by atoms with Crippen LogP contribution in [-0.4, -0.2) is 15.8 Å². The van der Waals surface area contributed by atoms with Gasteiger partial charge >= 0.3 is 0 Å². The van der Waals surface area contributed by atoms with Crippen molar-refractivity contribution in [1.29, 1.82) is 0 Å². The van der Waals surface area contributed by atoms with Crippen molar-refractivity contribution in [3.8, 4) is 0 Å². The first-order valence-corrected chi connectivity index (χ1v) is 8.31. The fraction of sp³-hybridized carbons (Fsp3) is 0.111. The summed E-state index contributed by atoms with van der Waals surface area (Å²) in [5.41, 5.74) is 2.44. The molecule has 4 rings (SSSR count). The van der Waals surface area contributed by atoms with Gasteiger partial charge in [0.05, 0.1) is 17.8 Å². The molecule has 2 aromatic heterocycles. The van der Waals surface area contributed by atoms with Crippen LogP contribution in [0.25, 0.3) is 0 Å². The summed E-state index contributed by atoms with van der Waals surface area (Å²) in [6.07, 6.45) is 1.49. The van der Waals surface area contributed by atoms with Crippen LogP contribution in [0.1, 0.15) is 27.1 Å². The zero-order valence-electron chi connectivity index (χ0n) is 12.3. The van der Waals surface area contributed by atoms with Crippen molar-refractivity contribution in [3.05, 3.63) is 82.3 Å². The Morgan fingerprint density at radius 1 is 1.09 bits per heavy atom. The Balaban J connectivity index is 1.70. The molecule has 0 bridgehead atoms. The molecule has 0 saturated heterocycles. The SMILES string of the molecule is O=C1c2cccnc2[C@H](Nc2ccccc2)N1Cc1cccs1. The first-order chi connectivity index (χ1) is 11.3. The van der Waals surface area contributed by atoms with E-state index in [2.05, 4.69) is 10.3 Å². The van der Waals surface area contributed by atoms with Crippen LogP contribution in [-0.2, 0) is 6.54 Å². The fourth-order valence-corrected chi connectivity index (χ4v) is 3.51. The largest absolute Gasteiger partial charge is 0.360 e. The summed E-state index contributed by atoms with van der Waals surface area (Å²) in [6, 6.07) is 17.6. The molecule has 0 radical (unpaired) electrons. The number of aromatic nitrogens is 1. The fourth-order valence-electron chi connectivity index (χ4n) is 2.81. The summed E-state index contributed by atoms with van der Waals surface area (Å²) >= 11 is 1.66. The lowest BCUT2D eigenvalue weighted by Gasteiger charge is -2.26. The highest BCUT2D eigenvalue weighted by Crippen LogP contribution is 2.34. The summed E-state index contributed by atoms with van der Waals surface area (Å²) in [6.45, 7) is 0.581. The quantitative estimate of drug-likeness (QED) is 0.792. The maximum atomic E-state index is 12.8. The zero-order chi connectivity index (χ0) is 15.6. The number of carbonyl (C=O) groups is 1. The maximum absolute atomic E-state index is 12.8. The standard InChI is InChI=1S/C18H15N3OS/c22-18-15-9-4-10-19-16(15)17(20-13-6-2-1-3-7-13)21(18)12-14-8-5-11-23-14/h1-11,17,20H,12H2/t17-/m1/s1. The van der Waals surface area contributed by atoms with E-state index < -0.39 is 0 Å². The molecule has 4 nitrogen and oxygen atoms in total. The molecule has 114 valence electrons. The monoisotopic (exact) mass is 321 g/mol. The summed E-state index contributed by atoms with van der Waals surface area (Å²) < 4.78 is 0. The topological polar surface area (TPSA) is 45.2 Å². The number of amides is 1. The molecular formula is C18H15N3OS. The first-order valence-electron chi connectivity index (χ1n) is 7.43. The van der Waals surface area contributed by atoms with Gasteiger partial charge in [-0.2, -0.15) is 0 Å². The molecule has 0 fully saturated rings. The van der Waals surface area contributed by atoms with Crippen LogP contribution in [0.2, 0.25) is 0 Å². The van der Waals surface area contributed by atoms with Crippen molar-refractivity contribution in [2.75, 3.05) is 5.32 Å². The molecule has 1 amide bonds. The number of hydrogen-bond acceptors (Lipinski definition) is 4. The van der Waals surface area contributed by atoms with Crippen LogP contribution in [0, 0.1) is 0 Å². The number of nitrogens with one attached hydrogen (secondary N) is 1. The highest BCUT2D eigenvalue weighted by atomic mass is 32.1. The second kappa shape index (κ2) is 5.85.